The van der Waals surface area contributed by atoms with Crippen LogP contribution in [0, 0.1) is 17.8 Å². The average Bonchev–Trinajstić information content (AvgIpc) is 3.55. The lowest BCUT2D eigenvalue weighted by molar-refractivity contribution is -0.117. The number of hydrogen-bond donors (Lipinski definition) is 2. The van der Waals surface area contributed by atoms with E-state index in [0.717, 1.165) is 59.3 Å². The van der Waals surface area contributed by atoms with Gasteiger partial charge in [0.15, 0.2) is 0 Å². The number of fused-ring (bicyclic) bond motifs is 1. The summed E-state index contributed by atoms with van der Waals surface area (Å²) in [6.45, 7) is 1.40. The highest BCUT2D eigenvalue weighted by Crippen LogP contribution is 2.31. The lowest BCUT2D eigenvalue weighted by atomic mass is 10.1. The molecule has 1 atom stereocenters. The van der Waals surface area contributed by atoms with Crippen LogP contribution in [-0.2, 0) is 9.53 Å². The van der Waals surface area contributed by atoms with Gasteiger partial charge in [0.25, 0.3) is 0 Å². The van der Waals surface area contributed by atoms with Crippen LogP contribution in [0.5, 0.6) is 5.75 Å². The van der Waals surface area contributed by atoms with E-state index in [-0.39, 0.29) is 17.9 Å². The summed E-state index contributed by atoms with van der Waals surface area (Å²) in [7, 11) is 1.82. The van der Waals surface area contributed by atoms with Crippen molar-refractivity contribution in [2.45, 2.75) is 25.4 Å². The Bertz CT molecular complexity index is 1200. The van der Waals surface area contributed by atoms with E-state index in [1.807, 2.05) is 37.4 Å². The Kier molecular flexibility index (Phi) is 5.61. The van der Waals surface area contributed by atoms with Gasteiger partial charge in [0.05, 0.1) is 18.8 Å². The number of pyridine rings is 2. The van der Waals surface area contributed by atoms with Crippen LogP contribution in [0.3, 0.4) is 0 Å². The van der Waals surface area contributed by atoms with Gasteiger partial charge in [-0.1, -0.05) is 11.8 Å². The van der Waals surface area contributed by atoms with Crippen molar-refractivity contribution in [3.8, 4) is 17.6 Å². The van der Waals surface area contributed by atoms with Crippen LogP contribution in [0.15, 0.2) is 42.7 Å². The molecule has 1 amide bonds. The van der Waals surface area contributed by atoms with Gasteiger partial charge in [0, 0.05) is 48.1 Å². The molecule has 3 heterocycles. The van der Waals surface area contributed by atoms with Gasteiger partial charge in [-0.25, -0.2) is 9.97 Å². The van der Waals surface area contributed by atoms with Crippen molar-refractivity contribution in [1.29, 1.82) is 0 Å². The van der Waals surface area contributed by atoms with Gasteiger partial charge >= 0.3 is 0 Å². The summed E-state index contributed by atoms with van der Waals surface area (Å²) in [5.41, 5.74) is 1.65. The molecule has 1 saturated heterocycles. The highest BCUT2D eigenvalue weighted by molar-refractivity contribution is 5.99. The second kappa shape index (κ2) is 8.85. The summed E-state index contributed by atoms with van der Waals surface area (Å²) in [6.07, 6.45) is 6.40. The lowest BCUT2D eigenvalue weighted by Gasteiger charge is -2.11. The van der Waals surface area contributed by atoms with E-state index < -0.39 is 0 Å². The zero-order valence-electron chi connectivity index (χ0n) is 17.9. The summed E-state index contributed by atoms with van der Waals surface area (Å²) in [5.74, 6) is 8.63. The highest BCUT2D eigenvalue weighted by Gasteiger charge is 2.29. The fraction of sp³-hybridized carbons (Fsp3) is 0.320. The maximum Gasteiger partial charge on any atom is 0.228 e. The van der Waals surface area contributed by atoms with Gasteiger partial charge in [0.2, 0.25) is 5.91 Å². The molecule has 0 radical (unpaired) electrons. The minimum Gasteiger partial charge on any atom is -0.488 e. The third kappa shape index (κ3) is 4.51. The van der Waals surface area contributed by atoms with E-state index in [1.165, 1.54) is 0 Å². The Morgan fingerprint density at radius 2 is 1.94 bits per heavy atom. The van der Waals surface area contributed by atoms with E-state index in [9.17, 15) is 4.79 Å². The van der Waals surface area contributed by atoms with Crippen molar-refractivity contribution in [1.82, 2.24) is 9.97 Å². The monoisotopic (exact) mass is 428 g/mol. The zero-order valence-corrected chi connectivity index (χ0v) is 17.9. The number of amides is 1. The van der Waals surface area contributed by atoms with Gasteiger partial charge < -0.3 is 20.1 Å². The van der Waals surface area contributed by atoms with Crippen LogP contribution in [0.25, 0.3) is 10.8 Å². The number of nitrogens with zero attached hydrogens (tertiary/aromatic N) is 2. The first-order valence-electron chi connectivity index (χ1n) is 10.8. The molecule has 7 nitrogen and oxygen atoms in total. The van der Waals surface area contributed by atoms with E-state index in [2.05, 4.69) is 32.4 Å². The quantitative estimate of drug-likeness (QED) is 0.604. The standard InChI is InChI=1S/C25H24N4O3/c1-26-24-22-14-27-23(29-25(30)17-6-7-17)12-21(22)18(13-28-24)5-2-16-3-8-19(9-4-16)32-20-10-11-31-15-20/h3-4,8-9,12-14,17,20H,6-7,10-11,15H2,1H3,(H,26,28)(H,27,29,30)/t20-/m1/s1. The maximum atomic E-state index is 12.1. The molecule has 1 aliphatic heterocycles. The van der Waals surface area contributed by atoms with E-state index in [4.69, 9.17) is 9.47 Å². The van der Waals surface area contributed by atoms with E-state index >= 15 is 0 Å². The molecule has 5 rings (SSSR count). The van der Waals surface area contributed by atoms with Crippen LogP contribution >= 0.6 is 0 Å². The number of benzene rings is 1. The number of carbonyl (C=O) groups is 1. The summed E-state index contributed by atoms with van der Waals surface area (Å²) >= 11 is 0. The predicted molar refractivity (Wildman–Crippen MR) is 123 cm³/mol. The molecule has 32 heavy (non-hydrogen) atoms. The maximum absolute atomic E-state index is 12.1. The Balaban J connectivity index is 1.40. The molecule has 1 aromatic carbocycles. The summed E-state index contributed by atoms with van der Waals surface area (Å²) < 4.78 is 11.3. The van der Waals surface area contributed by atoms with Gasteiger partial charge in [-0.2, -0.15) is 0 Å². The predicted octanol–water partition coefficient (Wildman–Crippen LogP) is 3.59. The topological polar surface area (TPSA) is 85.4 Å². The average molecular weight is 428 g/mol. The number of nitrogens with one attached hydrogen (secondary N) is 2. The first-order valence-corrected chi connectivity index (χ1v) is 10.8. The molecule has 0 spiro atoms. The molecule has 7 heteroatoms. The van der Waals surface area contributed by atoms with Gasteiger partial charge in [-0.15, -0.1) is 0 Å². The molecule has 2 N–H and O–H groups in total. The molecular formula is C25H24N4O3. The molecular weight excluding hydrogens is 404 g/mol. The van der Waals surface area contributed by atoms with Crippen LogP contribution < -0.4 is 15.4 Å². The summed E-state index contributed by atoms with van der Waals surface area (Å²) in [6, 6.07) is 9.61. The second-order valence-corrected chi connectivity index (χ2v) is 8.03. The van der Waals surface area contributed by atoms with Crippen molar-refractivity contribution in [3.05, 3.63) is 53.9 Å². The molecule has 2 aliphatic rings. The lowest BCUT2D eigenvalue weighted by Crippen LogP contribution is -2.15. The van der Waals surface area contributed by atoms with E-state index in [1.54, 1.807) is 12.4 Å². The van der Waals surface area contributed by atoms with Crippen LogP contribution in [0.2, 0.25) is 0 Å². The van der Waals surface area contributed by atoms with Crippen molar-refractivity contribution in [3.63, 3.8) is 0 Å². The number of rotatable bonds is 5. The van der Waals surface area contributed by atoms with Crippen LogP contribution in [0.1, 0.15) is 30.4 Å². The minimum absolute atomic E-state index is 0.0267. The minimum atomic E-state index is 0.0267. The molecule has 162 valence electrons. The van der Waals surface area contributed by atoms with Crippen LogP contribution in [0.4, 0.5) is 11.6 Å². The van der Waals surface area contributed by atoms with Gasteiger partial charge in [0.1, 0.15) is 23.5 Å². The third-order valence-electron chi connectivity index (χ3n) is 5.59. The Morgan fingerprint density at radius 1 is 1.09 bits per heavy atom. The third-order valence-corrected chi connectivity index (χ3v) is 5.59. The second-order valence-electron chi connectivity index (χ2n) is 8.03. The number of ether oxygens (including phenoxy) is 2. The Labute approximate surface area is 186 Å². The number of anilines is 2. The normalized spacial score (nSPS) is 17.5. The number of aromatic nitrogens is 2. The van der Waals surface area contributed by atoms with Gasteiger partial charge in [-0.3, -0.25) is 4.79 Å². The van der Waals surface area contributed by atoms with Crippen molar-refractivity contribution < 1.29 is 14.3 Å². The van der Waals surface area contributed by atoms with E-state index in [0.29, 0.717) is 12.4 Å². The van der Waals surface area contributed by atoms with Crippen LogP contribution in [-0.4, -0.2) is 42.2 Å². The fourth-order valence-corrected chi connectivity index (χ4v) is 3.63. The molecule has 1 aliphatic carbocycles. The molecule has 2 fully saturated rings. The first-order chi connectivity index (χ1) is 15.7. The largest absolute Gasteiger partial charge is 0.488 e. The smallest absolute Gasteiger partial charge is 0.228 e. The SMILES string of the molecule is CNc1ncc(C#Cc2ccc(O[C@@H]3CCOC3)cc2)c2cc(NC(=O)C3CC3)ncc12. The first kappa shape index (κ1) is 20.3. The Morgan fingerprint density at radius 3 is 2.66 bits per heavy atom. The highest BCUT2D eigenvalue weighted by atomic mass is 16.5. The molecule has 1 saturated carbocycles. The molecule has 3 aromatic rings. The van der Waals surface area contributed by atoms with Crippen molar-refractivity contribution >= 4 is 28.3 Å². The molecule has 0 bridgehead atoms. The fourth-order valence-electron chi connectivity index (χ4n) is 3.63. The number of carbonyl (C=O) groups excluding carboxylic acids is 1. The molecule has 2 aromatic heterocycles. The Hall–Kier alpha value is -3.63. The number of hydrogen-bond acceptors (Lipinski definition) is 6. The van der Waals surface area contributed by atoms with Gasteiger partial charge in [-0.05, 0) is 43.2 Å². The summed E-state index contributed by atoms with van der Waals surface area (Å²) in [4.78, 5) is 21.0. The van der Waals surface area contributed by atoms with Crippen molar-refractivity contribution in [2.75, 3.05) is 30.9 Å². The summed E-state index contributed by atoms with van der Waals surface area (Å²) in [5, 5.41) is 7.74. The van der Waals surface area contributed by atoms with Crippen molar-refractivity contribution in [2.24, 2.45) is 5.92 Å². The molecule has 0 unspecified atom stereocenters. The zero-order chi connectivity index (χ0) is 21.9.